The molecule has 0 aliphatic carbocycles. The second-order valence-electron chi connectivity index (χ2n) is 7.63. The van der Waals surface area contributed by atoms with Crippen molar-refractivity contribution in [1.82, 2.24) is 13.9 Å². The van der Waals surface area contributed by atoms with Crippen molar-refractivity contribution in [2.75, 3.05) is 19.7 Å². The summed E-state index contributed by atoms with van der Waals surface area (Å²) in [5.41, 5.74) is 1.69. The number of hydrogen-bond acceptors (Lipinski definition) is 5. The second kappa shape index (κ2) is 11.3. The Balaban J connectivity index is 0.00000324. The van der Waals surface area contributed by atoms with Crippen LogP contribution in [0.15, 0.2) is 94.9 Å². The van der Waals surface area contributed by atoms with Gasteiger partial charge in [0.05, 0.1) is 10.4 Å². The van der Waals surface area contributed by atoms with Crippen molar-refractivity contribution < 1.29 is 13.2 Å². The van der Waals surface area contributed by atoms with Crippen molar-refractivity contribution in [2.45, 2.75) is 11.3 Å². The maximum atomic E-state index is 13.3. The summed E-state index contributed by atoms with van der Waals surface area (Å²) in [6.07, 6.45) is 3.98. The lowest BCUT2D eigenvalue weighted by atomic mass is 10.2. The first-order valence-corrected chi connectivity index (χ1v) is 12.1. The summed E-state index contributed by atoms with van der Waals surface area (Å²) in [6.45, 7) is 0.700. The van der Waals surface area contributed by atoms with Crippen LogP contribution in [0.1, 0.15) is 5.56 Å². The van der Waals surface area contributed by atoms with E-state index in [-0.39, 0.29) is 36.0 Å². The molecular weight excluding hydrogens is 474 g/mol. The number of pyridine rings is 2. The van der Waals surface area contributed by atoms with Crippen LogP contribution in [0.5, 0.6) is 5.75 Å². The Bertz CT molecular complexity index is 1390. The van der Waals surface area contributed by atoms with Crippen molar-refractivity contribution in [1.29, 1.82) is 0 Å². The smallest absolute Gasteiger partial charge is 0.250 e. The number of sulfonamides is 1. The first-order chi connectivity index (χ1) is 15.9. The third-order valence-corrected chi connectivity index (χ3v) is 7.37. The maximum absolute atomic E-state index is 13.3. The molecule has 0 N–H and O–H groups in total. The molecule has 9 heteroatoms. The van der Waals surface area contributed by atoms with Gasteiger partial charge in [-0.15, -0.1) is 12.4 Å². The molecule has 4 rings (SSSR count). The van der Waals surface area contributed by atoms with Crippen molar-refractivity contribution in [2.24, 2.45) is 7.05 Å². The minimum atomic E-state index is -3.68. The molecule has 4 aromatic rings. The van der Waals surface area contributed by atoms with Gasteiger partial charge in [-0.25, -0.2) is 8.42 Å². The lowest BCUT2D eigenvalue weighted by molar-refractivity contribution is 0.273. The average Bonchev–Trinajstić information content (AvgIpc) is 2.84. The SMILES string of the molecule is Cl.Cn1c(=O)ccc2cc(OCCN(CCc3cccnc3)S(=O)(=O)c3ccccc3)ccc21. The predicted octanol–water partition coefficient (Wildman–Crippen LogP) is 3.67. The number of aromatic nitrogens is 2. The van der Waals surface area contributed by atoms with Crippen LogP contribution < -0.4 is 10.3 Å². The van der Waals surface area contributed by atoms with Gasteiger partial charge in [0, 0.05) is 44.0 Å². The highest BCUT2D eigenvalue weighted by Gasteiger charge is 2.24. The van der Waals surface area contributed by atoms with Crippen molar-refractivity contribution in [3.63, 3.8) is 0 Å². The molecule has 2 aromatic heterocycles. The second-order valence-corrected chi connectivity index (χ2v) is 9.57. The van der Waals surface area contributed by atoms with Crippen LogP contribution in [0.25, 0.3) is 10.9 Å². The van der Waals surface area contributed by atoms with Gasteiger partial charge in [0.1, 0.15) is 12.4 Å². The third kappa shape index (κ3) is 5.83. The molecule has 2 heterocycles. The highest BCUT2D eigenvalue weighted by Crippen LogP contribution is 2.20. The summed E-state index contributed by atoms with van der Waals surface area (Å²) < 4.78 is 35.4. The molecule has 34 heavy (non-hydrogen) atoms. The molecular formula is C25H26ClN3O4S. The topological polar surface area (TPSA) is 81.5 Å². The minimum Gasteiger partial charge on any atom is -0.492 e. The number of benzene rings is 2. The van der Waals surface area contributed by atoms with E-state index in [1.807, 2.05) is 24.3 Å². The molecule has 0 aliphatic heterocycles. The number of halogens is 1. The van der Waals surface area contributed by atoms with E-state index >= 15 is 0 Å². The fourth-order valence-electron chi connectivity index (χ4n) is 3.61. The quantitative estimate of drug-likeness (QED) is 0.351. The summed E-state index contributed by atoms with van der Waals surface area (Å²) in [5.74, 6) is 0.616. The molecule has 0 bridgehead atoms. The van der Waals surface area contributed by atoms with Gasteiger partial charge in [0.2, 0.25) is 10.0 Å². The summed E-state index contributed by atoms with van der Waals surface area (Å²) in [5, 5.41) is 0.875. The maximum Gasteiger partial charge on any atom is 0.250 e. The van der Waals surface area contributed by atoms with Gasteiger partial charge < -0.3 is 9.30 Å². The molecule has 0 amide bonds. The zero-order valence-corrected chi connectivity index (χ0v) is 20.3. The van der Waals surface area contributed by atoms with Gasteiger partial charge in [-0.05, 0) is 54.4 Å². The number of fused-ring (bicyclic) bond motifs is 1. The average molecular weight is 500 g/mol. The largest absolute Gasteiger partial charge is 0.492 e. The molecule has 0 saturated carbocycles. The van der Waals surface area contributed by atoms with Gasteiger partial charge in [-0.2, -0.15) is 4.31 Å². The van der Waals surface area contributed by atoms with Crippen LogP contribution in [0.4, 0.5) is 0 Å². The van der Waals surface area contributed by atoms with Crippen molar-refractivity contribution in [3.8, 4) is 5.75 Å². The van der Waals surface area contributed by atoms with E-state index in [4.69, 9.17) is 4.74 Å². The lowest BCUT2D eigenvalue weighted by Gasteiger charge is -2.22. The van der Waals surface area contributed by atoms with Crippen molar-refractivity contribution >= 4 is 33.3 Å². The van der Waals surface area contributed by atoms with Gasteiger partial charge in [0.25, 0.3) is 5.56 Å². The van der Waals surface area contributed by atoms with Gasteiger partial charge in [-0.3, -0.25) is 9.78 Å². The summed E-state index contributed by atoms with van der Waals surface area (Å²) in [7, 11) is -1.95. The molecule has 0 aliphatic rings. The van der Waals surface area contributed by atoms with Gasteiger partial charge in [-0.1, -0.05) is 24.3 Å². The highest BCUT2D eigenvalue weighted by atomic mass is 35.5. The Morgan fingerprint density at radius 2 is 1.76 bits per heavy atom. The normalized spacial score (nSPS) is 11.4. The predicted molar refractivity (Wildman–Crippen MR) is 135 cm³/mol. The standard InChI is InChI=1S/C25H25N3O4S.ClH/c1-27-24-11-10-22(18-21(24)9-12-25(27)29)32-17-16-28(15-13-20-6-5-14-26-19-20)33(30,31)23-7-3-2-4-8-23;/h2-12,14,18-19H,13,15-17H2,1H3;1H. The zero-order valence-electron chi connectivity index (χ0n) is 18.7. The van der Waals surface area contributed by atoms with Crippen LogP contribution >= 0.6 is 12.4 Å². The first-order valence-electron chi connectivity index (χ1n) is 10.6. The molecule has 7 nitrogen and oxygen atoms in total. The molecule has 0 spiro atoms. The molecule has 2 aromatic carbocycles. The summed E-state index contributed by atoms with van der Waals surface area (Å²) >= 11 is 0. The number of rotatable bonds is 9. The van der Waals surface area contributed by atoms with E-state index in [0.29, 0.717) is 18.7 Å². The fourth-order valence-corrected chi connectivity index (χ4v) is 5.06. The van der Waals surface area contributed by atoms with Gasteiger partial charge in [0.15, 0.2) is 0 Å². The monoisotopic (exact) mass is 499 g/mol. The van der Waals surface area contributed by atoms with E-state index in [0.717, 1.165) is 16.5 Å². The van der Waals surface area contributed by atoms with E-state index in [1.165, 1.54) is 10.4 Å². The van der Waals surface area contributed by atoms with Crippen LogP contribution in [0.3, 0.4) is 0 Å². The number of nitrogens with zero attached hydrogens (tertiary/aromatic N) is 3. The van der Waals surface area contributed by atoms with Gasteiger partial charge >= 0.3 is 0 Å². The third-order valence-electron chi connectivity index (χ3n) is 5.46. The molecule has 178 valence electrons. The molecule has 0 fully saturated rings. The van der Waals surface area contributed by atoms with E-state index in [9.17, 15) is 13.2 Å². The zero-order chi connectivity index (χ0) is 23.3. The first kappa shape index (κ1) is 25.4. The summed E-state index contributed by atoms with van der Waals surface area (Å²) in [6, 6.07) is 20.9. The van der Waals surface area contributed by atoms with Crippen molar-refractivity contribution in [3.05, 3.63) is 101 Å². The molecule has 0 radical (unpaired) electrons. The van der Waals surface area contributed by atoms with Crippen LogP contribution in [0.2, 0.25) is 0 Å². The van der Waals surface area contributed by atoms with E-state index < -0.39 is 10.0 Å². The highest BCUT2D eigenvalue weighted by molar-refractivity contribution is 7.89. The summed E-state index contributed by atoms with van der Waals surface area (Å²) in [4.78, 5) is 16.2. The number of aryl methyl sites for hydroxylation is 1. The number of hydrogen-bond donors (Lipinski definition) is 0. The van der Waals surface area contributed by atoms with Crippen LogP contribution in [0, 0.1) is 0 Å². The Hall–Kier alpha value is -3.20. The van der Waals surface area contributed by atoms with E-state index in [2.05, 4.69) is 4.98 Å². The Morgan fingerprint density at radius 3 is 2.50 bits per heavy atom. The van der Waals surface area contributed by atoms with E-state index in [1.54, 1.807) is 66.5 Å². The molecule has 0 saturated heterocycles. The molecule has 0 atom stereocenters. The fraction of sp³-hybridized carbons (Fsp3) is 0.200. The van der Waals surface area contributed by atoms with Crippen LogP contribution in [-0.4, -0.2) is 42.0 Å². The lowest BCUT2D eigenvalue weighted by Crippen LogP contribution is -2.36. The molecule has 0 unspecified atom stereocenters. The Kier molecular flexibility index (Phi) is 8.44. The number of ether oxygens (including phenoxy) is 1. The Morgan fingerprint density at radius 1 is 0.971 bits per heavy atom. The Labute approximate surface area is 205 Å². The minimum absolute atomic E-state index is 0. The van der Waals surface area contributed by atoms with Crippen LogP contribution in [-0.2, 0) is 23.5 Å².